The summed E-state index contributed by atoms with van der Waals surface area (Å²) in [6, 6.07) is 0. The summed E-state index contributed by atoms with van der Waals surface area (Å²) in [5.74, 6) is 5.61. The molecular formula is C10H14O. The highest BCUT2D eigenvalue weighted by molar-refractivity contribution is 5.16. The van der Waals surface area contributed by atoms with Crippen molar-refractivity contribution in [2.75, 3.05) is 0 Å². The molecule has 1 heteroatoms. The maximum absolute atomic E-state index is 9.85. The third-order valence-corrected chi connectivity index (χ3v) is 4.65. The van der Waals surface area contributed by atoms with Gasteiger partial charge in [0.05, 0.1) is 6.10 Å². The minimum absolute atomic E-state index is 0.123. The first-order chi connectivity index (χ1) is 5.36. The minimum atomic E-state index is 0.123. The second-order valence-electron chi connectivity index (χ2n) is 5.18. The third-order valence-electron chi connectivity index (χ3n) is 4.65. The summed E-state index contributed by atoms with van der Waals surface area (Å²) >= 11 is 0. The van der Waals surface area contributed by atoms with Gasteiger partial charge in [-0.3, -0.25) is 0 Å². The van der Waals surface area contributed by atoms with Crippen LogP contribution in [0.15, 0.2) is 0 Å². The molecule has 60 valence electrons. The van der Waals surface area contributed by atoms with Crippen molar-refractivity contribution in [3.63, 3.8) is 0 Å². The Morgan fingerprint density at radius 1 is 0.636 bits per heavy atom. The SMILES string of the molecule is OC1[C@H]2C[C@@H]2[C@H]2C[C@H]2[C@H]2C[C@@H]12. The van der Waals surface area contributed by atoms with Crippen LogP contribution >= 0.6 is 0 Å². The average Bonchev–Trinajstić information content (AvgIpc) is 2.81. The van der Waals surface area contributed by atoms with Crippen molar-refractivity contribution in [2.24, 2.45) is 35.5 Å². The van der Waals surface area contributed by atoms with E-state index in [1.807, 2.05) is 0 Å². The normalized spacial score (nSPS) is 75.5. The van der Waals surface area contributed by atoms with Gasteiger partial charge in [-0.15, -0.1) is 0 Å². The topological polar surface area (TPSA) is 20.2 Å². The summed E-state index contributed by atoms with van der Waals surface area (Å²) in [4.78, 5) is 0. The van der Waals surface area contributed by atoms with Crippen LogP contribution in [-0.2, 0) is 0 Å². The Morgan fingerprint density at radius 3 is 1.55 bits per heavy atom. The van der Waals surface area contributed by atoms with Gasteiger partial charge in [-0.05, 0) is 54.8 Å². The molecule has 11 heavy (non-hydrogen) atoms. The molecule has 0 aromatic heterocycles. The Morgan fingerprint density at radius 2 is 1.00 bits per heavy atom. The van der Waals surface area contributed by atoms with Crippen molar-refractivity contribution < 1.29 is 5.11 Å². The van der Waals surface area contributed by atoms with Crippen LogP contribution in [0.5, 0.6) is 0 Å². The standard InChI is InChI=1S/C10H14O/c11-10-8-2-6(8)4-1-5(4)7-3-9(7)10/h4-11H,1-3H2/t4-,5+,6-,7-,8-,9+,10?/m1/s1. The van der Waals surface area contributed by atoms with Gasteiger partial charge in [-0.1, -0.05) is 0 Å². The van der Waals surface area contributed by atoms with Gasteiger partial charge < -0.3 is 5.11 Å². The number of hydrogen-bond acceptors (Lipinski definition) is 1. The Hall–Kier alpha value is -0.0400. The van der Waals surface area contributed by atoms with Gasteiger partial charge in [-0.25, -0.2) is 0 Å². The number of aliphatic hydroxyl groups is 1. The van der Waals surface area contributed by atoms with Crippen molar-refractivity contribution in [1.29, 1.82) is 0 Å². The molecule has 4 rings (SSSR count). The number of rotatable bonds is 0. The fourth-order valence-corrected chi connectivity index (χ4v) is 3.78. The van der Waals surface area contributed by atoms with Gasteiger partial charge in [0.25, 0.3) is 0 Å². The predicted molar refractivity (Wildman–Crippen MR) is 40.8 cm³/mol. The molecule has 0 bridgehead atoms. The Bertz CT molecular complexity index is 199. The van der Waals surface area contributed by atoms with E-state index in [1.165, 1.54) is 19.3 Å². The zero-order valence-electron chi connectivity index (χ0n) is 6.61. The van der Waals surface area contributed by atoms with E-state index in [9.17, 15) is 5.11 Å². The average molecular weight is 150 g/mol. The molecule has 0 saturated heterocycles. The number of fused-ring (bicyclic) bond motifs is 5. The lowest BCUT2D eigenvalue weighted by Gasteiger charge is -2.06. The van der Waals surface area contributed by atoms with Crippen LogP contribution in [0.25, 0.3) is 0 Å². The fourth-order valence-electron chi connectivity index (χ4n) is 3.78. The van der Waals surface area contributed by atoms with E-state index in [2.05, 4.69) is 0 Å². The molecule has 1 N–H and O–H groups in total. The van der Waals surface area contributed by atoms with Gasteiger partial charge in [0.15, 0.2) is 0 Å². The highest BCUT2D eigenvalue weighted by Crippen LogP contribution is 2.72. The molecule has 4 saturated carbocycles. The molecule has 0 amide bonds. The summed E-state index contributed by atoms with van der Waals surface area (Å²) in [5.41, 5.74) is 0. The first-order valence-electron chi connectivity index (χ1n) is 5.04. The van der Waals surface area contributed by atoms with Crippen molar-refractivity contribution in [1.82, 2.24) is 0 Å². The van der Waals surface area contributed by atoms with Crippen molar-refractivity contribution in [2.45, 2.75) is 25.4 Å². The van der Waals surface area contributed by atoms with E-state index in [0.717, 1.165) is 35.5 Å². The molecular weight excluding hydrogens is 136 g/mol. The first kappa shape index (κ1) is 5.58. The summed E-state index contributed by atoms with van der Waals surface area (Å²) in [6.45, 7) is 0. The Kier molecular flexibility index (Phi) is 0.706. The van der Waals surface area contributed by atoms with E-state index in [0.29, 0.717) is 0 Å². The number of aliphatic hydroxyl groups excluding tert-OH is 1. The molecule has 7 atom stereocenters. The summed E-state index contributed by atoms with van der Waals surface area (Å²) < 4.78 is 0. The fraction of sp³-hybridized carbons (Fsp3) is 1.00. The van der Waals surface area contributed by atoms with Crippen LogP contribution in [0, 0.1) is 35.5 Å². The monoisotopic (exact) mass is 150 g/mol. The maximum atomic E-state index is 9.85. The molecule has 1 nitrogen and oxygen atoms in total. The van der Waals surface area contributed by atoms with E-state index in [1.54, 1.807) is 0 Å². The zero-order valence-corrected chi connectivity index (χ0v) is 6.61. The molecule has 1 unspecified atom stereocenters. The Balaban J connectivity index is 1.72. The van der Waals surface area contributed by atoms with Crippen molar-refractivity contribution >= 4 is 0 Å². The van der Waals surface area contributed by atoms with Gasteiger partial charge in [0.1, 0.15) is 0 Å². The van der Waals surface area contributed by atoms with E-state index in [-0.39, 0.29) is 6.10 Å². The molecule has 0 aromatic carbocycles. The summed E-state index contributed by atoms with van der Waals surface area (Å²) in [5, 5.41) is 9.85. The van der Waals surface area contributed by atoms with Gasteiger partial charge in [0.2, 0.25) is 0 Å². The van der Waals surface area contributed by atoms with Crippen LogP contribution < -0.4 is 0 Å². The second kappa shape index (κ2) is 1.39. The van der Waals surface area contributed by atoms with Crippen molar-refractivity contribution in [3.8, 4) is 0 Å². The lowest BCUT2D eigenvalue weighted by Crippen LogP contribution is -2.13. The molecule has 0 aromatic rings. The molecule has 0 spiro atoms. The molecule has 0 radical (unpaired) electrons. The number of hydrogen-bond donors (Lipinski definition) is 1. The molecule has 0 aliphatic heterocycles. The zero-order chi connectivity index (χ0) is 7.16. The van der Waals surface area contributed by atoms with Gasteiger partial charge in [-0.2, -0.15) is 0 Å². The smallest absolute Gasteiger partial charge is 0.0602 e. The third kappa shape index (κ3) is 0.547. The highest BCUT2D eigenvalue weighted by atomic mass is 16.3. The second-order valence-corrected chi connectivity index (χ2v) is 5.18. The lowest BCUT2D eigenvalue weighted by molar-refractivity contribution is 0.118. The van der Waals surface area contributed by atoms with Gasteiger partial charge in [0, 0.05) is 0 Å². The quantitative estimate of drug-likeness (QED) is 0.551. The van der Waals surface area contributed by atoms with E-state index >= 15 is 0 Å². The van der Waals surface area contributed by atoms with Crippen molar-refractivity contribution in [3.05, 3.63) is 0 Å². The predicted octanol–water partition coefficient (Wildman–Crippen LogP) is 1.27. The van der Waals surface area contributed by atoms with E-state index < -0.39 is 0 Å². The van der Waals surface area contributed by atoms with Crippen LogP contribution in [0.1, 0.15) is 19.3 Å². The van der Waals surface area contributed by atoms with Crippen LogP contribution in [0.2, 0.25) is 0 Å². The molecule has 4 aliphatic carbocycles. The highest BCUT2D eigenvalue weighted by Gasteiger charge is 2.68. The Labute approximate surface area is 66.8 Å². The largest absolute Gasteiger partial charge is 0.393 e. The van der Waals surface area contributed by atoms with Crippen LogP contribution in [0.4, 0.5) is 0 Å². The first-order valence-corrected chi connectivity index (χ1v) is 5.04. The van der Waals surface area contributed by atoms with Gasteiger partial charge >= 0.3 is 0 Å². The molecule has 4 aliphatic rings. The van der Waals surface area contributed by atoms with E-state index in [4.69, 9.17) is 0 Å². The van der Waals surface area contributed by atoms with Crippen LogP contribution in [-0.4, -0.2) is 11.2 Å². The molecule has 0 heterocycles. The summed E-state index contributed by atoms with van der Waals surface area (Å²) in [7, 11) is 0. The maximum Gasteiger partial charge on any atom is 0.0602 e. The lowest BCUT2D eigenvalue weighted by atomic mass is 10.1. The van der Waals surface area contributed by atoms with Crippen LogP contribution in [0.3, 0.4) is 0 Å². The minimum Gasteiger partial charge on any atom is -0.393 e. The summed E-state index contributed by atoms with van der Waals surface area (Å²) in [6.07, 6.45) is 4.38. The molecule has 4 fully saturated rings.